The fraction of sp³-hybridized carbons (Fsp3) is 0.500. The van der Waals surface area contributed by atoms with Crippen LogP contribution < -0.4 is 0 Å². The van der Waals surface area contributed by atoms with Gasteiger partial charge in [-0.2, -0.15) is 10.5 Å². The summed E-state index contributed by atoms with van der Waals surface area (Å²) in [6, 6.07) is 9.95. The second-order valence-corrected chi connectivity index (χ2v) is 6.66. The maximum absolute atomic E-state index is 13.0. The molecule has 7 nitrogen and oxygen atoms in total. The van der Waals surface area contributed by atoms with Gasteiger partial charge in [0.15, 0.2) is 0 Å². The minimum atomic E-state index is -0.326. The molecule has 0 saturated carbocycles. The van der Waals surface area contributed by atoms with Gasteiger partial charge < -0.3 is 9.80 Å². The number of amides is 2. The van der Waals surface area contributed by atoms with Gasteiger partial charge in [-0.15, -0.1) is 0 Å². The quantitative estimate of drug-likeness (QED) is 0.670. The van der Waals surface area contributed by atoms with Crippen molar-refractivity contribution in [3.63, 3.8) is 0 Å². The van der Waals surface area contributed by atoms with Gasteiger partial charge in [0.1, 0.15) is 5.82 Å². The zero-order valence-electron chi connectivity index (χ0n) is 15.8. The van der Waals surface area contributed by atoms with Crippen molar-refractivity contribution in [1.29, 1.82) is 10.5 Å². The molecule has 148 valence electrons. The molecule has 1 aliphatic heterocycles. The summed E-state index contributed by atoms with van der Waals surface area (Å²) in [5.74, 6) is -0.438. The Labute approximate surface area is 164 Å². The maximum Gasteiger partial charge on any atom is 0.236 e. The van der Waals surface area contributed by atoms with Gasteiger partial charge >= 0.3 is 0 Å². The minimum Gasteiger partial charge on any atom is -0.340 e. The number of piperazine rings is 1. The van der Waals surface area contributed by atoms with E-state index in [2.05, 4.69) is 0 Å². The van der Waals surface area contributed by atoms with Gasteiger partial charge in [0.05, 0.1) is 37.9 Å². The number of nitriles is 2. The number of rotatable bonds is 8. The van der Waals surface area contributed by atoms with E-state index in [1.54, 1.807) is 21.9 Å². The van der Waals surface area contributed by atoms with E-state index >= 15 is 0 Å². The normalized spacial score (nSPS) is 14.2. The van der Waals surface area contributed by atoms with Gasteiger partial charge in [-0.25, -0.2) is 4.39 Å². The van der Waals surface area contributed by atoms with E-state index in [1.165, 1.54) is 12.1 Å². The standard InChI is InChI=1S/C20H24FN5O2/c21-18-5-3-17(4-6-18)15-19(27)26-13-11-24(12-14-26)16-20(28)25(9-1-7-22)10-2-8-23/h3-6H,1-2,9-16H2. The number of carbonyl (C=O) groups is 2. The van der Waals surface area contributed by atoms with Crippen molar-refractivity contribution in [3.05, 3.63) is 35.6 Å². The highest BCUT2D eigenvalue weighted by atomic mass is 19.1. The van der Waals surface area contributed by atoms with Crippen LogP contribution in [0.15, 0.2) is 24.3 Å². The van der Waals surface area contributed by atoms with E-state index < -0.39 is 0 Å². The van der Waals surface area contributed by atoms with Gasteiger partial charge in [-0.3, -0.25) is 14.5 Å². The van der Waals surface area contributed by atoms with Crippen molar-refractivity contribution >= 4 is 11.8 Å². The minimum absolute atomic E-state index is 0.0118. The van der Waals surface area contributed by atoms with Crippen molar-refractivity contribution in [2.24, 2.45) is 0 Å². The summed E-state index contributed by atoms with van der Waals surface area (Å²) in [6.07, 6.45) is 0.709. The Balaban J connectivity index is 1.79. The van der Waals surface area contributed by atoms with E-state index in [0.717, 1.165) is 5.56 Å². The molecule has 0 aromatic heterocycles. The maximum atomic E-state index is 13.0. The number of halogens is 1. The first kappa shape index (κ1) is 21.3. The molecule has 0 radical (unpaired) electrons. The monoisotopic (exact) mass is 385 g/mol. The Hall–Kier alpha value is -2.97. The van der Waals surface area contributed by atoms with Crippen molar-refractivity contribution in [1.82, 2.24) is 14.7 Å². The van der Waals surface area contributed by atoms with Crippen LogP contribution in [0.25, 0.3) is 0 Å². The van der Waals surface area contributed by atoms with E-state index in [1.807, 2.05) is 17.0 Å². The molecule has 0 aliphatic carbocycles. The molecule has 0 unspecified atom stereocenters. The molecule has 8 heteroatoms. The molecule has 0 bridgehead atoms. The molecule has 2 rings (SSSR count). The summed E-state index contributed by atoms with van der Waals surface area (Å²) >= 11 is 0. The average Bonchev–Trinajstić information content (AvgIpc) is 2.70. The van der Waals surface area contributed by atoms with Gasteiger partial charge in [0.25, 0.3) is 0 Å². The summed E-state index contributed by atoms with van der Waals surface area (Å²) in [7, 11) is 0. The Morgan fingerprint density at radius 1 is 1.00 bits per heavy atom. The van der Waals surface area contributed by atoms with Gasteiger partial charge in [0.2, 0.25) is 11.8 Å². The van der Waals surface area contributed by atoms with Crippen LogP contribution in [-0.2, 0) is 16.0 Å². The van der Waals surface area contributed by atoms with Crippen LogP contribution >= 0.6 is 0 Å². The van der Waals surface area contributed by atoms with Crippen molar-refractivity contribution < 1.29 is 14.0 Å². The first-order valence-corrected chi connectivity index (χ1v) is 9.29. The average molecular weight is 385 g/mol. The summed E-state index contributed by atoms with van der Waals surface area (Å²) in [5, 5.41) is 17.4. The predicted molar refractivity (Wildman–Crippen MR) is 100 cm³/mol. The molecule has 1 saturated heterocycles. The number of benzene rings is 1. The summed E-state index contributed by atoms with van der Waals surface area (Å²) in [4.78, 5) is 30.2. The SMILES string of the molecule is N#CCCN(CCC#N)C(=O)CN1CCN(C(=O)Cc2ccc(F)cc2)CC1. The third kappa shape index (κ3) is 6.64. The molecule has 28 heavy (non-hydrogen) atoms. The van der Waals surface area contributed by atoms with Crippen LogP contribution in [0.1, 0.15) is 18.4 Å². The first-order valence-electron chi connectivity index (χ1n) is 9.29. The Morgan fingerprint density at radius 2 is 1.57 bits per heavy atom. The highest BCUT2D eigenvalue weighted by molar-refractivity contribution is 5.79. The van der Waals surface area contributed by atoms with E-state index in [9.17, 15) is 14.0 Å². The fourth-order valence-corrected chi connectivity index (χ4v) is 3.07. The Morgan fingerprint density at radius 3 is 2.11 bits per heavy atom. The van der Waals surface area contributed by atoms with Crippen LogP contribution in [-0.4, -0.2) is 72.3 Å². The van der Waals surface area contributed by atoms with Gasteiger partial charge in [-0.1, -0.05) is 12.1 Å². The van der Waals surface area contributed by atoms with Crippen molar-refractivity contribution in [3.8, 4) is 12.1 Å². The lowest BCUT2D eigenvalue weighted by Crippen LogP contribution is -2.52. The molecular formula is C20H24FN5O2. The summed E-state index contributed by atoms with van der Waals surface area (Å²) in [5.41, 5.74) is 0.773. The molecule has 1 aromatic carbocycles. The molecule has 1 aliphatic rings. The van der Waals surface area contributed by atoms with Crippen molar-refractivity contribution in [2.45, 2.75) is 19.3 Å². The van der Waals surface area contributed by atoms with E-state index in [0.29, 0.717) is 39.3 Å². The highest BCUT2D eigenvalue weighted by Crippen LogP contribution is 2.09. The molecule has 2 amide bonds. The topological polar surface area (TPSA) is 91.4 Å². The lowest BCUT2D eigenvalue weighted by Gasteiger charge is -2.35. The molecule has 1 heterocycles. The molecule has 0 N–H and O–H groups in total. The third-order valence-electron chi connectivity index (χ3n) is 4.69. The van der Waals surface area contributed by atoms with Crippen LogP contribution in [0.3, 0.4) is 0 Å². The van der Waals surface area contributed by atoms with Crippen LogP contribution in [0.4, 0.5) is 4.39 Å². The summed E-state index contributed by atoms with van der Waals surface area (Å²) < 4.78 is 13.0. The summed E-state index contributed by atoms with van der Waals surface area (Å²) in [6.45, 7) is 3.11. The molecule has 1 fully saturated rings. The number of carbonyl (C=O) groups excluding carboxylic acids is 2. The van der Waals surface area contributed by atoms with E-state index in [-0.39, 0.29) is 43.4 Å². The zero-order chi connectivity index (χ0) is 20.4. The van der Waals surface area contributed by atoms with Crippen LogP contribution in [0.5, 0.6) is 0 Å². The highest BCUT2D eigenvalue weighted by Gasteiger charge is 2.24. The zero-order valence-corrected chi connectivity index (χ0v) is 15.8. The van der Waals surface area contributed by atoms with Crippen LogP contribution in [0.2, 0.25) is 0 Å². The van der Waals surface area contributed by atoms with Crippen LogP contribution in [0, 0.1) is 28.5 Å². The second kappa shape index (κ2) is 11.0. The number of hydrogen-bond donors (Lipinski definition) is 0. The lowest BCUT2D eigenvalue weighted by atomic mass is 10.1. The first-order chi connectivity index (χ1) is 13.5. The van der Waals surface area contributed by atoms with Gasteiger partial charge in [-0.05, 0) is 17.7 Å². The Kier molecular flexibility index (Phi) is 8.38. The van der Waals surface area contributed by atoms with E-state index in [4.69, 9.17) is 10.5 Å². The third-order valence-corrected chi connectivity index (χ3v) is 4.69. The molecular weight excluding hydrogens is 361 g/mol. The lowest BCUT2D eigenvalue weighted by molar-refractivity contribution is -0.134. The smallest absolute Gasteiger partial charge is 0.236 e. The molecule has 0 atom stereocenters. The van der Waals surface area contributed by atoms with Crippen molar-refractivity contribution in [2.75, 3.05) is 45.8 Å². The predicted octanol–water partition coefficient (Wildman–Crippen LogP) is 1.17. The number of nitrogens with zero attached hydrogens (tertiary/aromatic N) is 5. The molecule has 0 spiro atoms. The molecule has 1 aromatic rings. The second-order valence-electron chi connectivity index (χ2n) is 6.66. The Bertz CT molecular complexity index is 727. The fourth-order valence-electron chi connectivity index (χ4n) is 3.07. The largest absolute Gasteiger partial charge is 0.340 e. The number of hydrogen-bond acceptors (Lipinski definition) is 5. The van der Waals surface area contributed by atoms with Gasteiger partial charge in [0, 0.05) is 39.3 Å².